The van der Waals surface area contributed by atoms with Crippen molar-refractivity contribution in [1.29, 1.82) is 0 Å². The van der Waals surface area contributed by atoms with Gasteiger partial charge in [0.25, 0.3) is 5.91 Å². The molecule has 0 radical (unpaired) electrons. The number of alkyl halides is 1. The van der Waals surface area contributed by atoms with Gasteiger partial charge in [-0.2, -0.15) is 0 Å². The van der Waals surface area contributed by atoms with E-state index in [1.54, 1.807) is 36.4 Å². The van der Waals surface area contributed by atoms with Gasteiger partial charge in [-0.1, -0.05) is 41.4 Å². The Morgan fingerprint density at radius 1 is 0.933 bits per heavy atom. The number of nitrogens with zero attached hydrogens (tertiary/aromatic N) is 3. The molecule has 12 heteroatoms. The Labute approximate surface area is 269 Å². The molecule has 0 aliphatic carbocycles. The summed E-state index contributed by atoms with van der Waals surface area (Å²) in [5, 5.41) is 10.3. The number of hydrogen-bond acceptors (Lipinski definition) is 6. The Morgan fingerprint density at radius 3 is 2.29 bits per heavy atom. The highest BCUT2D eigenvalue weighted by Crippen LogP contribution is 2.43. The number of halogens is 4. The number of hydrogen-bond donors (Lipinski definition) is 1. The maximum absolute atomic E-state index is 15.6. The van der Waals surface area contributed by atoms with Gasteiger partial charge in [-0.05, 0) is 49.9 Å². The highest BCUT2D eigenvalue weighted by atomic mass is 35.5. The molecule has 0 aromatic heterocycles. The number of carbonyl (C=O) groups excluding carboxylic acids is 1. The SMILES string of the molecule is O=C(O)c1cc(F)c(-c2cccc3c2OCN(C(=O)c2c(Cl)cc(N4CCC(F)CC4)cc2Cl)C3)cc1N1C2CCC1COC2. The molecular weight excluding hydrogens is 627 g/mol. The second-order valence-electron chi connectivity index (χ2n) is 12.0. The lowest BCUT2D eigenvalue weighted by molar-refractivity contribution is 0.0516. The molecule has 8 nitrogen and oxygen atoms in total. The summed E-state index contributed by atoms with van der Waals surface area (Å²) < 4.78 is 41.1. The van der Waals surface area contributed by atoms with Crippen molar-refractivity contribution in [2.45, 2.75) is 50.5 Å². The lowest BCUT2D eigenvalue weighted by Crippen LogP contribution is -2.46. The van der Waals surface area contributed by atoms with Gasteiger partial charge in [0.15, 0.2) is 6.73 Å². The summed E-state index contributed by atoms with van der Waals surface area (Å²) >= 11 is 13.2. The molecule has 7 rings (SSSR count). The van der Waals surface area contributed by atoms with Crippen molar-refractivity contribution < 1.29 is 33.0 Å². The average Bonchev–Trinajstić information content (AvgIpc) is 3.27. The van der Waals surface area contributed by atoms with Crippen molar-refractivity contribution in [3.05, 3.63) is 75.0 Å². The Kier molecular flexibility index (Phi) is 8.00. The lowest BCUT2D eigenvalue weighted by Gasteiger charge is -2.37. The molecule has 3 aromatic rings. The molecule has 0 spiro atoms. The fraction of sp³-hybridized carbons (Fsp3) is 0.394. The molecule has 4 aliphatic heterocycles. The van der Waals surface area contributed by atoms with E-state index in [1.165, 1.54) is 4.90 Å². The molecule has 236 valence electrons. The van der Waals surface area contributed by atoms with Crippen LogP contribution < -0.4 is 14.5 Å². The first-order valence-electron chi connectivity index (χ1n) is 15.0. The summed E-state index contributed by atoms with van der Waals surface area (Å²) in [7, 11) is 0. The summed E-state index contributed by atoms with van der Waals surface area (Å²) in [5.74, 6) is -1.88. The minimum atomic E-state index is -1.20. The number of anilines is 2. The van der Waals surface area contributed by atoms with Crippen LogP contribution in [0, 0.1) is 5.82 Å². The van der Waals surface area contributed by atoms with E-state index >= 15 is 4.39 Å². The molecule has 1 N–H and O–H groups in total. The average molecular weight is 659 g/mol. The van der Waals surface area contributed by atoms with Crippen LogP contribution in [0.3, 0.4) is 0 Å². The highest BCUT2D eigenvalue weighted by Gasteiger charge is 2.40. The van der Waals surface area contributed by atoms with Crippen molar-refractivity contribution in [3.8, 4) is 16.9 Å². The number of piperidine rings is 1. The highest BCUT2D eigenvalue weighted by molar-refractivity contribution is 6.40. The first kappa shape index (κ1) is 30.1. The zero-order valence-electron chi connectivity index (χ0n) is 24.3. The van der Waals surface area contributed by atoms with E-state index in [4.69, 9.17) is 32.7 Å². The molecule has 2 bridgehead atoms. The van der Waals surface area contributed by atoms with Gasteiger partial charge < -0.3 is 29.3 Å². The molecule has 2 unspecified atom stereocenters. The minimum absolute atomic E-state index is 0.0238. The molecule has 3 aromatic carbocycles. The van der Waals surface area contributed by atoms with E-state index in [9.17, 15) is 19.1 Å². The molecule has 0 saturated carbocycles. The van der Waals surface area contributed by atoms with E-state index < -0.39 is 23.9 Å². The Hall–Kier alpha value is -3.60. The van der Waals surface area contributed by atoms with Gasteiger partial charge >= 0.3 is 5.97 Å². The maximum Gasteiger partial charge on any atom is 0.337 e. The largest absolute Gasteiger partial charge is 0.478 e. The van der Waals surface area contributed by atoms with Crippen molar-refractivity contribution in [1.82, 2.24) is 4.90 Å². The van der Waals surface area contributed by atoms with Gasteiger partial charge in [0.05, 0.1) is 58.7 Å². The van der Waals surface area contributed by atoms with Crippen molar-refractivity contribution >= 4 is 46.5 Å². The molecule has 45 heavy (non-hydrogen) atoms. The summed E-state index contributed by atoms with van der Waals surface area (Å²) in [6, 6.07) is 11.4. The minimum Gasteiger partial charge on any atom is -0.478 e. The Bertz CT molecular complexity index is 1640. The second-order valence-corrected chi connectivity index (χ2v) is 12.8. The first-order chi connectivity index (χ1) is 21.7. The van der Waals surface area contributed by atoms with Crippen molar-refractivity contribution in [2.24, 2.45) is 0 Å². The maximum atomic E-state index is 15.6. The number of carbonyl (C=O) groups is 2. The number of benzene rings is 3. The van der Waals surface area contributed by atoms with Crippen LogP contribution >= 0.6 is 23.2 Å². The van der Waals surface area contributed by atoms with Crippen LogP contribution in [0.4, 0.5) is 20.2 Å². The van der Waals surface area contributed by atoms with Crippen LogP contribution in [-0.2, 0) is 11.3 Å². The predicted octanol–water partition coefficient (Wildman–Crippen LogP) is 6.80. The summed E-state index contributed by atoms with van der Waals surface area (Å²) in [5.41, 5.74) is 2.58. The number of fused-ring (bicyclic) bond motifs is 3. The normalized spacial score (nSPS) is 21.5. The second kappa shape index (κ2) is 12.0. The Balaban J connectivity index is 1.17. The van der Waals surface area contributed by atoms with Crippen LogP contribution in [0.25, 0.3) is 11.1 Å². The third-order valence-corrected chi connectivity index (χ3v) is 9.86. The lowest BCUT2D eigenvalue weighted by atomic mass is 9.96. The zero-order valence-corrected chi connectivity index (χ0v) is 25.8. The van der Waals surface area contributed by atoms with Crippen LogP contribution in [0.5, 0.6) is 5.75 Å². The molecule has 4 heterocycles. The number of carboxylic acid groups (broad SMARTS) is 1. The molecular formula is C33H31Cl2F2N3O5. The third kappa shape index (κ3) is 5.47. The van der Waals surface area contributed by atoms with Gasteiger partial charge in [0.1, 0.15) is 17.7 Å². The molecule has 2 atom stereocenters. The number of amides is 1. The van der Waals surface area contributed by atoms with Crippen LogP contribution in [0.1, 0.15) is 52.0 Å². The number of carboxylic acids is 1. The van der Waals surface area contributed by atoms with Gasteiger partial charge in [0.2, 0.25) is 0 Å². The van der Waals surface area contributed by atoms with Gasteiger partial charge in [-0.3, -0.25) is 4.79 Å². The van der Waals surface area contributed by atoms with E-state index in [1.807, 2.05) is 4.90 Å². The monoisotopic (exact) mass is 657 g/mol. The van der Waals surface area contributed by atoms with Crippen LogP contribution in [0.15, 0.2) is 42.5 Å². The summed E-state index contributed by atoms with van der Waals surface area (Å²) in [6.45, 7) is 2.09. The van der Waals surface area contributed by atoms with Crippen LogP contribution in [-0.4, -0.2) is 73.2 Å². The van der Waals surface area contributed by atoms with Gasteiger partial charge in [-0.15, -0.1) is 0 Å². The smallest absolute Gasteiger partial charge is 0.337 e. The molecule has 3 fully saturated rings. The van der Waals surface area contributed by atoms with Crippen molar-refractivity contribution in [3.63, 3.8) is 0 Å². The molecule has 3 saturated heterocycles. The number of morpholine rings is 1. The van der Waals surface area contributed by atoms with Crippen LogP contribution in [0.2, 0.25) is 10.0 Å². The summed E-state index contributed by atoms with van der Waals surface area (Å²) in [4.78, 5) is 31.4. The Morgan fingerprint density at radius 2 is 1.62 bits per heavy atom. The number of aromatic carboxylic acids is 1. The summed E-state index contributed by atoms with van der Waals surface area (Å²) in [6.07, 6.45) is 1.77. The number of rotatable bonds is 5. The van der Waals surface area contributed by atoms with Crippen molar-refractivity contribution in [2.75, 3.05) is 42.8 Å². The zero-order chi connectivity index (χ0) is 31.4. The van der Waals surface area contributed by atoms with Gasteiger partial charge in [0, 0.05) is 35.5 Å². The van der Waals surface area contributed by atoms with E-state index in [2.05, 4.69) is 4.90 Å². The van der Waals surface area contributed by atoms with E-state index in [0.717, 1.165) is 24.6 Å². The standard InChI is InChI=1S/C33H31Cl2F2N3O5/c34-26-10-22(38-8-6-19(36)7-9-38)11-27(35)30(26)32(41)39-14-18-2-1-3-23(31(18)45-17-39)24-13-29(25(33(42)43)12-28(24)37)40-20-4-5-21(40)16-44-15-20/h1-3,10-13,19-21H,4-9,14-17H2,(H,42,43). The molecule has 4 aliphatic rings. The van der Waals surface area contributed by atoms with E-state index in [-0.39, 0.29) is 52.1 Å². The third-order valence-electron chi connectivity index (χ3n) is 9.26. The topological polar surface area (TPSA) is 82.5 Å². The molecule has 1 amide bonds. The number of ether oxygens (including phenoxy) is 2. The first-order valence-corrected chi connectivity index (χ1v) is 15.8. The quantitative estimate of drug-likeness (QED) is 0.323. The van der Waals surface area contributed by atoms with E-state index in [0.29, 0.717) is 61.7 Å². The fourth-order valence-corrected chi connectivity index (χ4v) is 7.64. The number of para-hydroxylation sites is 1. The fourth-order valence-electron chi connectivity index (χ4n) is 7.00. The van der Waals surface area contributed by atoms with Gasteiger partial charge in [-0.25, -0.2) is 13.6 Å². The predicted molar refractivity (Wildman–Crippen MR) is 167 cm³/mol.